The van der Waals surface area contributed by atoms with Crippen molar-refractivity contribution in [2.24, 2.45) is 5.41 Å². The molecule has 23 heavy (non-hydrogen) atoms. The van der Waals surface area contributed by atoms with Crippen LogP contribution in [-0.2, 0) is 11.3 Å². The molecule has 126 valence electrons. The molecule has 1 saturated carbocycles. The Hall–Kier alpha value is -2.18. The second-order valence-corrected chi connectivity index (χ2v) is 5.77. The van der Waals surface area contributed by atoms with Crippen molar-refractivity contribution in [3.8, 4) is 0 Å². The van der Waals surface area contributed by atoms with Crippen molar-refractivity contribution in [1.29, 1.82) is 0 Å². The summed E-state index contributed by atoms with van der Waals surface area (Å²) in [6.45, 7) is 2.60. The number of halogens is 2. The maximum atomic E-state index is 13.5. The first kappa shape index (κ1) is 17.2. The summed E-state index contributed by atoms with van der Waals surface area (Å²) in [5.74, 6) is -1.41. The molecule has 1 aliphatic carbocycles. The highest BCUT2D eigenvalue weighted by molar-refractivity contribution is 5.84. The van der Waals surface area contributed by atoms with Crippen LogP contribution in [0.5, 0.6) is 0 Å². The minimum absolute atomic E-state index is 0.0453. The average Bonchev–Trinajstić information content (AvgIpc) is 2.45. The largest absolute Gasteiger partial charge is 0.356 e. The number of benzene rings is 1. The minimum atomic E-state index is -0.705. The SMILES string of the molecule is CCNC(=O)C1(CNC(=O)NCc2ccc(F)cc2F)CCC1. The zero-order chi connectivity index (χ0) is 16.9. The quantitative estimate of drug-likeness (QED) is 0.749. The van der Waals surface area contributed by atoms with E-state index >= 15 is 0 Å². The van der Waals surface area contributed by atoms with Crippen molar-refractivity contribution in [3.63, 3.8) is 0 Å². The van der Waals surface area contributed by atoms with Gasteiger partial charge in [0, 0.05) is 31.3 Å². The number of amides is 3. The monoisotopic (exact) mass is 325 g/mol. The van der Waals surface area contributed by atoms with E-state index in [1.54, 1.807) is 0 Å². The Morgan fingerprint density at radius 2 is 1.91 bits per heavy atom. The van der Waals surface area contributed by atoms with Crippen LogP contribution in [0.2, 0.25) is 0 Å². The Kier molecular flexibility index (Phi) is 5.52. The highest BCUT2D eigenvalue weighted by Gasteiger charge is 2.43. The molecule has 1 aliphatic rings. The molecule has 5 nitrogen and oxygen atoms in total. The zero-order valence-corrected chi connectivity index (χ0v) is 13.0. The van der Waals surface area contributed by atoms with Crippen LogP contribution in [0.3, 0.4) is 0 Å². The molecule has 1 aromatic carbocycles. The average molecular weight is 325 g/mol. The van der Waals surface area contributed by atoms with Crippen LogP contribution in [0.4, 0.5) is 13.6 Å². The summed E-state index contributed by atoms with van der Waals surface area (Å²) in [5, 5.41) is 7.95. The normalized spacial score (nSPS) is 15.4. The molecule has 0 unspecified atom stereocenters. The van der Waals surface area contributed by atoms with Crippen molar-refractivity contribution in [3.05, 3.63) is 35.4 Å². The summed E-state index contributed by atoms with van der Waals surface area (Å²) in [7, 11) is 0. The highest BCUT2D eigenvalue weighted by Crippen LogP contribution is 2.40. The summed E-state index contributed by atoms with van der Waals surface area (Å²) in [5.41, 5.74) is -0.335. The summed E-state index contributed by atoms with van der Waals surface area (Å²) in [6, 6.07) is 2.71. The van der Waals surface area contributed by atoms with Gasteiger partial charge in [0.15, 0.2) is 0 Å². The Bertz CT molecular complexity index is 589. The van der Waals surface area contributed by atoms with Crippen molar-refractivity contribution in [2.45, 2.75) is 32.7 Å². The zero-order valence-electron chi connectivity index (χ0n) is 13.0. The van der Waals surface area contributed by atoms with Crippen LogP contribution in [0, 0.1) is 17.0 Å². The summed E-state index contributed by atoms with van der Waals surface area (Å²) in [6.07, 6.45) is 2.44. The van der Waals surface area contributed by atoms with Crippen LogP contribution in [0.25, 0.3) is 0 Å². The molecule has 0 atom stereocenters. The number of hydrogen-bond donors (Lipinski definition) is 3. The number of urea groups is 1. The standard InChI is InChI=1S/C16H21F2N3O2/c1-2-19-14(22)16(6-3-7-16)10-21-15(23)20-9-11-4-5-12(17)8-13(11)18/h4-5,8H,2-3,6-7,9-10H2,1H3,(H,19,22)(H2,20,21,23). The van der Waals surface area contributed by atoms with Gasteiger partial charge in [-0.15, -0.1) is 0 Å². The lowest BCUT2D eigenvalue weighted by Gasteiger charge is -2.40. The minimum Gasteiger partial charge on any atom is -0.356 e. The van der Waals surface area contributed by atoms with E-state index in [2.05, 4.69) is 16.0 Å². The van der Waals surface area contributed by atoms with E-state index in [-0.39, 0.29) is 24.6 Å². The molecule has 0 aromatic heterocycles. The van der Waals surface area contributed by atoms with Gasteiger partial charge in [-0.1, -0.05) is 12.5 Å². The van der Waals surface area contributed by atoms with Crippen LogP contribution in [0.15, 0.2) is 18.2 Å². The van der Waals surface area contributed by atoms with Crippen LogP contribution < -0.4 is 16.0 Å². The molecule has 3 amide bonds. The molecule has 1 fully saturated rings. The van der Waals surface area contributed by atoms with Crippen LogP contribution in [0.1, 0.15) is 31.7 Å². The van der Waals surface area contributed by atoms with Gasteiger partial charge in [-0.25, -0.2) is 13.6 Å². The molecule has 1 aromatic rings. The maximum Gasteiger partial charge on any atom is 0.315 e. The van der Waals surface area contributed by atoms with E-state index < -0.39 is 23.1 Å². The smallest absolute Gasteiger partial charge is 0.315 e. The first-order valence-corrected chi connectivity index (χ1v) is 7.71. The van der Waals surface area contributed by atoms with Crippen LogP contribution in [-0.4, -0.2) is 25.0 Å². The second-order valence-electron chi connectivity index (χ2n) is 5.77. The third kappa shape index (κ3) is 4.18. The molecule has 3 N–H and O–H groups in total. The Morgan fingerprint density at radius 3 is 2.48 bits per heavy atom. The fraction of sp³-hybridized carbons (Fsp3) is 0.500. The first-order chi connectivity index (χ1) is 11.0. The van der Waals surface area contributed by atoms with E-state index in [1.165, 1.54) is 6.07 Å². The number of carbonyl (C=O) groups is 2. The van der Waals surface area contributed by atoms with Gasteiger partial charge in [0.1, 0.15) is 11.6 Å². The van der Waals surface area contributed by atoms with Gasteiger partial charge < -0.3 is 16.0 Å². The number of hydrogen-bond acceptors (Lipinski definition) is 2. The molecule has 2 rings (SSSR count). The predicted molar refractivity (Wildman–Crippen MR) is 81.6 cm³/mol. The highest BCUT2D eigenvalue weighted by atomic mass is 19.1. The van der Waals surface area contributed by atoms with Gasteiger partial charge in [0.05, 0.1) is 5.41 Å². The lowest BCUT2D eigenvalue weighted by atomic mass is 9.68. The Morgan fingerprint density at radius 1 is 1.17 bits per heavy atom. The molecule has 0 heterocycles. The van der Waals surface area contributed by atoms with Gasteiger partial charge >= 0.3 is 6.03 Å². The maximum absolute atomic E-state index is 13.5. The second kappa shape index (κ2) is 7.39. The number of rotatable bonds is 6. The van der Waals surface area contributed by atoms with Gasteiger partial charge in [-0.3, -0.25) is 4.79 Å². The number of carbonyl (C=O) groups excluding carboxylic acids is 2. The fourth-order valence-corrected chi connectivity index (χ4v) is 2.59. The molecule has 0 aliphatic heterocycles. The van der Waals surface area contributed by atoms with Crippen molar-refractivity contribution in [1.82, 2.24) is 16.0 Å². The molecule has 0 spiro atoms. The van der Waals surface area contributed by atoms with Crippen molar-refractivity contribution in [2.75, 3.05) is 13.1 Å². The van der Waals surface area contributed by atoms with E-state index in [0.717, 1.165) is 31.4 Å². The Labute approximate surface area is 133 Å². The molecule has 0 saturated heterocycles. The third-order valence-corrected chi connectivity index (χ3v) is 4.17. The molecule has 7 heteroatoms. The van der Waals surface area contributed by atoms with Crippen molar-refractivity contribution >= 4 is 11.9 Å². The van der Waals surface area contributed by atoms with E-state index in [1.807, 2.05) is 6.92 Å². The molecule has 0 radical (unpaired) electrons. The number of nitrogens with one attached hydrogen (secondary N) is 3. The summed E-state index contributed by atoms with van der Waals surface area (Å²) >= 11 is 0. The lowest BCUT2D eigenvalue weighted by Crippen LogP contribution is -2.53. The summed E-state index contributed by atoms with van der Waals surface area (Å²) < 4.78 is 26.3. The van der Waals surface area contributed by atoms with Crippen molar-refractivity contribution < 1.29 is 18.4 Å². The Balaban J connectivity index is 1.81. The predicted octanol–water partition coefficient (Wildman–Crippen LogP) is 2.07. The molecular weight excluding hydrogens is 304 g/mol. The molecular formula is C16H21F2N3O2. The lowest BCUT2D eigenvalue weighted by molar-refractivity contribution is -0.135. The summed E-state index contributed by atoms with van der Waals surface area (Å²) in [4.78, 5) is 23.9. The first-order valence-electron chi connectivity index (χ1n) is 7.71. The van der Waals surface area contributed by atoms with E-state index in [9.17, 15) is 18.4 Å². The van der Waals surface area contributed by atoms with Gasteiger partial charge in [0.2, 0.25) is 5.91 Å². The van der Waals surface area contributed by atoms with Gasteiger partial charge in [-0.2, -0.15) is 0 Å². The third-order valence-electron chi connectivity index (χ3n) is 4.17. The van der Waals surface area contributed by atoms with E-state index in [4.69, 9.17) is 0 Å². The van der Waals surface area contributed by atoms with Gasteiger partial charge in [0.25, 0.3) is 0 Å². The topological polar surface area (TPSA) is 70.2 Å². The van der Waals surface area contributed by atoms with E-state index in [0.29, 0.717) is 6.54 Å². The van der Waals surface area contributed by atoms with Gasteiger partial charge in [-0.05, 0) is 25.8 Å². The van der Waals surface area contributed by atoms with Crippen LogP contribution >= 0.6 is 0 Å². The fourth-order valence-electron chi connectivity index (χ4n) is 2.59. The molecule has 0 bridgehead atoms.